The van der Waals surface area contributed by atoms with E-state index in [2.05, 4.69) is 24.7 Å². The van der Waals surface area contributed by atoms with E-state index in [9.17, 15) is 21.6 Å². The summed E-state index contributed by atoms with van der Waals surface area (Å²) < 4.78 is 70.5. The van der Waals surface area contributed by atoms with Gasteiger partial charge in [-0.05, 0) is 36.8 Å². The topological polar surface area (TPSA) is 92.9 Å². The predicted octanol–water partition coefficient (Wildman–Crippen LogP) is 3.43. The number of alkyl halides is 3. The Balaban J connectivity index is 1.38. The Kier molecular flexibility index (Phi) is 6.50. The van der Waals surface area contributed by atoms with Gasteiger partial charge in [0, 0.05) is 43.9 Å². The third kappa shape index (κ3) is 5.23. The fraction of sp³-hybridized carbons (Fsp3) is 0.292. The van der Waals surface area contributed by atoms with Gasteiger partial charge in [0.2, 0.25) is 10.0 Å². The van der Waals surface area contributed by atoms with E-state index in [0.717, 1.165) is 46.9 Å². The number of nitrogens with zero attached hydrogens (tertiary/aromatic N) is 6. The maximum Gasteiger partial charge on any atom is 0.573 e. The first kappa shape index (κ1) is 25.0. The van der Waals surface area contributed by atoms with Crippen LogP contribution in [0.25, 0.3) is 5.78 Å². The molecule has 0 bridgehead atoms. The Hall–Kier alpha value is -3.71. The summed E-state index contributed by atoms with van der Waals surface area (Å²) in [5.41, 5.74) is 2.89. The molecule has 0 aliphatic carbocycles. The van der Waals surface area contributed by atoms with Gasteiger partial charge in [0.1, 0.15) is 17.9 Å². The third-order valence-electron chi connectivity index (χ3n) is 6.16. The SMILES string of the molecule is Cc1nc2ncnn2c(N2CCN(S(=O)(=O)c3ccc(OC(F)(F)F)cc3)CC2)c1Cc1ccccc1. The van der Waals surface area contributed by atoms with Gasteiger partial charge >= 0.3 is 6.36 Å². The molecule has 0 atom stereocenters. The quantitative estimate of drug-likeness (QED) is 0.376. The van der Waals surface area contributed by atoms with E-state index in [1.54, 1.807) is 4.52 Å². The minimum absolute atomic E-state index is 0.0985. The van der Waals surface area contributed by atoms with Crippen LogP contribution in [0.3, 0.4) is 0 Å². The van der Waals surface area contributed by atoms with Crippen molar-refractivity contribution in [3.05, 3.63) is 77.7 Å². The fourth-order valence-electron chi connectivity index (χ4n) is 4.40. The van der Waals surface area contributed by atoms with E-state index in [1.807, 2.05) is 37.3 Å². The third-order valence-corrected chi connectivity index (χ3v) is 8.07. The largest absolute Gasteiger partial charge is 0.573 e. The minimum atomic E-state index is -4.85. The summed E-state index contributed by atoms with van der Waals surface area (Å²) in [6.45, 7) is 3.06. The average Bonchev–Trinajstić information content (AvgIpc) is 3.32. The highest BCUT2D eigenvalue weighted by Gasteiger charge is 2.33. The lowest BCUT2D eigenvalue weighted by Gasteiger charge is -2.36. The first-order valence-corrected chi connectivity index (χ1v) is 12.9. The molecule has 0 N–H and O–H groups in total. The highest BCUT2D eigenvalue weighted by atomic mass is 32.2. The van der Waals surface area contributed by atoms with Crippen molar-refractivity contribution in [1.82, 2.24) is 23.9 Å². The zero-order valence-corrected chi connectivity index (χ0v) is 20.6. The van der Waals surface area contributed by atoms with Gasteiger partial charge in [0.05, 0.1) is 4.90 Å². The fourth-order valence-corrected chi connectivity index (χ4v) is 5.82. The Morgan fingerprint density at radius 1 is 0.973 bits per heavy atom. The molecule has 1 saturated heterocycles. The molecule has 194 valence electrons. The molecule has 13 heteroatoms. The lowest BCUT2D eigenvalue weighted by atomic mass is 10.0. The molecule has 3 heterocycles. The van der Waals surface area contributed by atoms with Gasteiger partial charge < -0.3 is 9.64 Å². The monoisotopic (exact) mass is 532 g/mol. The molecule has 0 saturated carbocycles. The van der Waals surface area contributed by atoms with Crippen molar-refractivity contribution in [2.24, 2.45) is 0 Å². The van der Waals surface area contributed by atoms with Gasteiger partial charge in [-0.15, -0.1) is 13.2 Å². The van der Waals surface area contributed by atoms with Gasteiger partial charge in [0.25, 0.3) is 5.78 Å². The zero-order chi connectivity index (χ0) is 26.2. The van der Waals surface area contributed by atoms with Crippen molar-refractivity contribution in [3.63, 3.8) is 0 Å². The van der Waals surface area contributed by atoms with E-state index in [4.69, 9.17) is 0 Å². The molecule has 9 nitrogen and oxygen atoms in total. The molecule has 5 rings (SSSR count). The van der Waals surface area contributed by atoms with Crippen LogP contribution < -0.4 is 9.64 Å². The number of hydrogen-bond acceptors (Lipinski definition) is 7. The summed E-state index contributed by atoms with van der Waals surface area (Å²) in [5, 5.41) is 4.36. The first-order chi connectivity index (χ1) is 17.6. The van der Waals surface area contributed by atoms with Crippen molar-refractivity contribution >= 4 is 21.6 Å². The number of piperazine rings is 1. The van der Waals surface area contributed by atoms with Crippen molar-refractivity contribution < 1.29 is 26.3 Å². The van der Waals surface area contributed by atoms with Gasteiger partial charge in [-0.3, -0.25) is 0 Å². The molecule has 4 aromatic rings. The number of benzene rings is 2. The van der Waals surface area contributed by atoms with Gasteiger partial charge in [-0.1, -0.05) is 30.3 Å². The second-order valence-electron chi connectivity index (χ2n) is 8.54. The van der Waals surface area contributed by atoms with Crippen molar-refractivity contribution in [2.75, 3.05) is 31.1 Å². The predicted molar refractivity (Wildman–Crippen MR) is 129 cm³/mol. The highest BCUT2D eigenvalue weighted by molar-refractivity contribution is 7.89. The number of rotatable bonds is 6. The molecule has 0 unspecified atom stereocenters. The maximum atomic E-state index is 13.2. The van der Waals surface area contributed by atoms with Crippen LogP contribution in [-0.2, 0) is 16.4 Å². The summed E-state index contributed by atoms with van der Waals surface area (Å²) in [5.74, 6) is 0.794. The average molecular weight is 533 g/mol. The van der Waals surface area contributed by atoms with Crippen LogP contribution >= 0.6 is 0 Å². The summed E-state index contributed by atoms with van der Waals surface area (Å²) in [6, 6.07) is 14.2. The molecular weight excluding hydrogens is 509 g/mol. The number of sulfonamides is 1. The number of anilines is 1. The van der Waals surface area contributed by atoms with Gasteiger partial charge in [0.15, 0.2) is 0 Å². The molecule has 0 amide bonds. The van der Waals surface area contributed by atoms with E-state index >= 15 is 0 Å². The van der Waals surface area contributed by atoms with Gasteiger partial charge in [-0.2, -0.15) is 18.9 Å². The van der Waals surface area contributed by atoms with Crippen LogP contribution in [-0.4, -0.2) is 64.8 Å². The summed E-state index contributed by atoms with van der Waals surface area (Å²) in [7, 11) is -3.90. The Labute approximate surface area is 211 Å². The molecule has 2 aromatic heterocycles. The Bertz CT molecular complexity index is 1500. The van der Waals surface area contributed by atoms with Crippen LogP contribution in [0.15, 0.2) is 65.8 Å². The molecule has 1 aliphatic rings. The lowest BCUT2D eigenvalue weighted by molar-refractivity contribution is -0.274. The Morgan fingerprint density at radius 3 is 2.30 bits per heavy atom. The van der Waals surface area contributed by atoms with Crippen LogP contribution in [0.5, 0.6) is 5.75 Å². The van der Waals surface area contributed by atoms with Crippen LogP contribution in [0.2, 0.25) is 0 Å². The van der Waals surface area contributed by atoms with Crippen molar-refractivity contribution in [2.45, 2.75) is 24.6 Å². The molecule has 1 aliphatic heterocycles. The standard InChI is InChI=1S/C24H23F3N6O3S/c1-17-21(15-18-5-3-2-4-6-18)22(33-23(30-17)28-16-29-33)31-11-13-32(14-12-31)37(34,35)20-9-7-19(8-10-20)36-24(25,26)27/h2-10,16H,11-15H2,1H3. The van der Waals surface area contributed by atoms with Crippen LogP contribution in [0, 0.1) is 6.92 Å². The number of hydrogen-bond donors (Lipinski definition) is 0. The number of ether oxygens (including phenoxy) is 1. The van der Waals surface area contributed by atoms with E-state index < -0.39 is 22.1 Å². The second-order valence-corrected chi connectivity index (χ2v) is 10.5. The Morgan fingerprint density at radius 2 is 1.65 bits per heavy atom. The van der Waals surface area contributed by atoms with E-state index in [1.165, 1.54) is 10.6 Å². The summed E-state index contributed by atoms with van der Waals surface area (Å²) in [6.07, 6.45) is -2.79. The van der Waals surface area contributed by atoms with Crippen molar-refractivity contribution in [1.29, 1.82) is 0 Å². The maximum absolute atomic E-state index is 13.2. The molecular formula is C24H23F3N6O3S. The van der Waals surface area contributed by atoms with E-state index in [-0.39, 0.29) is 18.0 Å². The highest BCUT2D eigenvalue weighted by Crippen LogP contribution is 2.29. The van der Waals surface area contributed by atoms with Crippen LogP contribution in [0.1, 0.15) is 16.8 Å². The minimum Gasteiger partial charge on any atom is -0.406 e. The van der Waals surface area contributed by atoms with Crippen molar-refractivity contribution in [3.8, 4) is 5.75 Å². The summed E-state index contributed by atoms with van der Waals surface area (Å²) >= 11 is 0. The second kappa shape index (κ2) is 9.63. The zero-order valence-electron chi connectivity index (χ0n) is 19.8. The molecule has 1 fully saturated rings. The molecule has 2 aromatic carbocycles. The van der Waals surface area contributed by atoms with E-state index in [0.29, 0.717) is 25.3 Å². The number of aromatic nitrogens is 4. The van der Waals surface area contributed by atoms with Crippen LogP contribution in [0.4, 0.5) is 19.0 Å². The molecule has 37 heavy (non-hydrogen) atoms. The van der Waals surface area contributed by atoms with Gasteiger partial charge in [-0.25, -0.2) is 13.4 Å². The number of fused-ring (bicyclic) bond motifs is 1. The number of aryl methyl sites for hydroxylation is 1. The normalized spacial score (nSPS) is 15.3. The first-order valence-electron chi connectivity index (χ1n) is 11.5. The molecule has 0 spiro atoms. The lowest BCUT2D eigenvalue weighted by Crippen LogP contribution is -2.49. The molecule has 0 radical (unpaired) electrons. The smallest absolute Gasteiger partial charge is 0.406 e. The summed E-state index contributed by atoms with van der Waals surface area (Å²) in [4.78, 5) is 10.8. The number of halogens is 3.